The van der Waals surface area contributed by atoms with Crippen molar-refractivity contribution >= 4 is 29.6 Å². The Bertz CT molecular complexity index is 1140. The summed E-state index contributed by atoms with van der Waals surface area (Å²) in [4.78, 5) is 49.7. The highest BCUT2D eigenvalue weighted by atomic mass is 16.6. The molecule has 0 radical (unpaired) electrons. The van der Waals surface area contributed by atoms with Crippen molar-refractivity contribution in [2.24, 2.45) is 0 Å². The van der Waals surface area contributed by atoms with E-state index in [1.165, 1.54) is 0 Å². The van der Waals surface area contributed by atoms with Gasteiger partial charge in [-0.15, -0.1) is 0 Å². The standard InChI is InChI=1S/C25H32N6O5/c1-5-26-23(33)27-17-8-6-16(7-9-17)21-28-19-14-31(24(34)36-25(2,3)4)11-10-18(19)22(29-21)30-12-13-35-20(32)15-30/h6-9H,5,10-15H2,1-4H3,(H2,26,27,33). The van der Waals surface area contributed by atoms with Crippen LogP contribution in [0.4, 0.5) is 21.1 Å². The van der Waals surface area contributed by atoms with Crippen molar-refractivity contribution < 1.29 is 23.9 Å². The average Bonchev–Trinajstić information content (AvgIpc) is 2.82. The van der Waals surface area contributed by atoms with Crippen molar-refractivity contribution in [3.8, 4) is 11.4 Å². The quantitative estimate of drug-likeness (QED) is 0.619. The number of urea groups is 1. The molecule has 11 heteroatoms. The predicted molar refractivity (Wildman–Crippen MR) is 134 cm³/mol. The molecule has 0 atom stereocenters. The summed E-state index contributed by atoms with van der Waals surface area (Å²) < 4.78 is 10.7. The number of cyclic esters (lactones) is 1. The molecule has 0 aliphatic carbocycles. The van der Waals surface area contributed by atoms with Gasteiger partial charge in [0.25, 0.3) is 0 Å². The Balaban J connectivity index is 1.66. The van der Waals surface area contributed by atoms with Crippen LogP contribution in [-0.2, 0) is 27.2 Å². The SMILES string of the molecule is CCNC(=O)Nc1ccc(-c2nc3c(c(N4CCOC(=O)C4)n2)CCN(C(=O)OC(C)(C)C)C3)cc1. The van der Waals surface area contributed by atoms with Crippen LogP contribution in [0.1, 0.15) is 39.0 Å². The van der Waals surface area contributed by atoms with E-state index < -0.39 is 11.7 Å². The molecular weight excluding hydrogens is 464 g/mol. The summed E-state index contributed by atoms with van der Waals surface area (Å²) in [6.45, 7) is 9.55. The molecule has 2 aliphatic heterocycles. The number of anilines is 2. The molecule has 4 rings (SSSR count). The topological polar surface area (TPSA) is 126 Å². The second-order valence-electron chi connectivity index (χ2n) is 9.65. The molecule has 2 aliphatic rings. The lowest BCUT2D eigenvalue weighted by atomic mass is 10.0. The molecule has 3 heterocycles. The molecule has 1 aromatic heterocycles. The number of amides is 3. The lowest BCUT2D eigenvalue weighted by molar-refractivity contribution is -0.143. The van der Waals surface area contributed by atoms with Gasteiger partial charge in [-0.25, -0.2) is 19.6 Å². The zero-order valence-electron chi connectivity index (χ0n) is 21.1. The Morgan fingerprint density at radius 3 is 2.53 bits per heavy atom. The van der Waals surface area contributed by atoms with Crippen LogP contribution in [0.2, 0.25) is 0 Å². The summed E-state index contributed by atoms with van der Waals surface area (Å²) in [5, 5.41) is 5.46. The third-order valence-electron chi connectivity index (χ3n) is 5.68. The summed E-state index contributed by atoms with van der Waals surface area (Å²) in [5.41, 5.74) is 2.42. The molecule has 0 unspecified atom stereocenters. The Kier molecular flexibility index (Phi) is 7.27. The van der Waals surface area contributed by atoms with E-state index >= 15 is 0 Å². The molecule has 1 saturated heterocycles. The number of morpholine rings is 1. The van der Waals surface area contributed by atoms with Crippen molar-refractivity contribution in [1.82, 2.24) is 20.2 Å². The van der Waals surface area contributed by atoms with Gasteiger partial charge in [-0.2, -0.15) is 0 Å². The summed E-state index contributed by atoms with van der Waals surface area (Å²) >= 11 is 0. The molecule has 2 N–H and O–H groups in total. The first-order valence-corrected chi connectivity index (χ1v) is 12.1. The molecular formula is C25H32N6O5. The predicted octanol–water partition coefficient (Wildman–Crippen LogP) is 2.94. The summed E-state index contributed by atoms with van der Waals surface area (Å²) in [6.07, 6.45) is 0.155. The van der Waals surface area contributed by atoms with Gasteiger partial charge in [-0.05, 0) is 58.4 Å². The Morgan fingerprint density at radius 1 is 1.11 bits per heavy atom. The summed E-state index contributed by atoms with van der Waals surface area (Å²) in [5.74, 6) is 0.848. The second-order valence-corrected chi connectivity index (χ2v) is 9.65. The molecule has 0 spiro atoms. The Labute approximate surface area is 210 Å². The highest BCUT2D eigenvalue weighted by molar-refractivity contribution is 5.89. The van der Waals surface area contributed by atoms with Crippen LogP contribution in [0.3, 0.4) is 0 Å². The number of aromatic nitrogens is 2. The van der Waals surface area contributed by atoms with Crippen LogP contribution in [-0.4, -0.2) is 71.3 Å². The van der Waals surface area contributed by atoms with Crippen LogP contribution >= 0.6 is 0 Å². The number of fused-ring (bicyclic) bond motifs is 1. The van der Waals surface area contributed by atoms with E-state index in [9.17, 15) is 14.4 Å². The number of carbonyl (C=O) groups is 3. The third kappa shape index (κ3) is 6.02. The first-order chi connectivity index (χ1) is 17.1. The molecule has 2 aromatic rings. The van der Waals surface area contributed by atoms with Gasteiger partial charge in [0.15, 0.2) is 5.82 Å². The maximum absolute atomic E-state index is 12.7. The molecule has 1 fully saturated rings. The number of ether oxygens (including phenoxy) is 2. The van der Waals surface area contributed by atoms with Gasteiger partial charge in [-0.3, -0.25) is 4.79 Å². The normalized spacial score (nSPS) is 15.6. The van der Waals surface area contributed by atoms with E-state index in [4.69, 9.17) is 19.4 Å². The number of benzene rings is 1. The third-order valence-corrected chi connectivity index (χ3v) is 5.68. The molecule has 3 amide bonds. The van der Waals surface area contributed by atoms with E-state index in [0.29, 0.717) is 43.4 Å². The second kappa shape index (κ2) is 10.4. The van der Waals surface area contributed by atoms with Crippen molar-refractivity contribution in [2.75, 3.05) is 43.0 Å². The zero-order chi connectivity index (χ0) is 25.9. The molecule has 0 bridgehead atoms. The van der Waals surface area contributed by atoms with E-state index in [-0.39, 0.29) is 31.7 Å². The minimum Gasteiger partial charge on any atom is -0.462 e. The van der Waals surface area contributed by atoms with E-state index in [1.807, 2.05) is 44.7 Å². The average molecular weight is 497 g/mol. The Hall–Kier alpha value is -3.89. The lowest BCUT2D eigenvalue weighted by Crippen LogP contribution is -2.43. The van der Waals surface area contributed by atoms with Gasteiger partial charge in [0.2, 0.25) is 0 Å². The number of nitrogens with zero attached hydrogens (tertiary/aromatic N) is 4. The van der Waals surface area contributed by atoms with Crippen LogP contribution < -0.4 is 15.5 Å². The molecule has 11 nitrogen and oxygen atoms in total. The van der Waals surface area contributed by atoms with Crippen molar-refractivity contribution in [1.29, 1.82) is 0 Å². The minimum atomic E-state index is -0.600. The fourth-order valence-corrected chi connectivity index (χ4v) is 4.05. The summed E-state index contributed by atoms with van der Waals surface area (Å²) in [7, 11) is 0. The first-order valence-electron chi connectivity index (χ1n) is 12.1. The van der Waals surface area contributed by atoms with Crippen LogP contribution in [0.25, 0.3) is 11.4 Å². The molecule has 1 aromatic carbocycles. The molecule has 0 saturated carbocycles. The smallest absolute Gasteiger partial charge is 0.410 e. The van der Waals surface area contributed by atoms with Gasteiger partial charge in [0, 0.05) is 29.9 Å². The highest BCUT2D eigenvalue weighted by Crippen LogP contribution is 2.31. The minimum absolute atomic E-state index is 0.105. The van der Waals surface area contributed by atoms with Gasteiger partial charge >= 0.3 is 18.1 Å². The van der Waals surface area contributed by atoms with Gasteiger partial charge in [-0.1, -0.05) is 0 Å². The highest BCUT2D eigenvalue weighted by Gasteiger charge is 2.31. The van der Waals surface area contributed by atoms with Gasteiger partial charge in [0.05, 0.1) is 18.8 Å². The number of hydrogen-bond acceptors (Lipinski definition) is 8. The van der Waals surface area contributed by atoms with Crippen LogP contribution in [0.15, 0.2) is 24.3 Å². The zero-order valence-corrected chi connectivity index (χ0v) is 21.1. The number of nitrogens with one attached hydrogen (secondary N) is 2. The molecule has 36 heavy (non-hydrogen) atoms. The van der Waals surface area contributed by atoms with E-state index in [2.05, 4.69) is 10.6 Å². The monoisotopic (exact) mass is 496 g/mol. The van der Waals surface area contributed by atoms with Gasteiger partial charge in [0.1, 0.15) is 24.6 Å². The fourth-order valence-electron chi connectivity index (χ4n) is 4.05. The largest absolute Gasteiger partial charge is 0.462 e. The van der Waals surface area contributed by atoms with Crippen molar-refractivity contribution in [2.45, 2.75) is 46.3 Å². The fraction of sp³-hybridized carbons (Fsp3) is 0.480. The summed E-state index contributed by atoms with van der Waals surface area (Å²) in [6, 6.07) is 6.92. The Morgan fingerprint density at radius 2 is 1.86 bits per heavy atom. The first kappa shape index (κ1) is 25.2. The number of carbonyl (C=O) groups excluding carboxylic acids is 3. The van der Waals surface area contributed by atoms with Crippen molar-refractivity contribution in [3.05, 3.63) is 35.5 Å². The molecule has 192 valence electrons. The number of hydrogen-bond donors (Lipinski definition) is 2. The van der Waals surface area contributed by atoms with Crippen LogP contribution in [0.5, 0.6) is 0 Å². The number of esters is 1. The lowest BCUT2D eigenvalue weighted by Gasteiger charge is -2.34. The number of rotatable bonds is 4. The van der Waals surface area contributed by atoms with Crippen molar-refractivity contribution in [3.63, 3.8) is 0 Å². The maximum Gasteiger partial charge on any atom is 0.410 e. The van der Waals surface area contributed by atoms with Gasteiger partial charge < -0.3 is 29.9 Å². The van der Waals surface area contributed by atoms with E-state index in [0.717, 1.165) is 16.8 Å². The van der Waals surface area contributed by atoms with E-state index in [1.54, 1.807) is 17.0 Å². The van der Waals surface area contributed by atoms with Crippen LogP contribution in [0, 0.1) is 0 Å². The maximum atomic E-state index is 12.7.